The van der Waals surface area contributed by atoms with Crippen molar-refractivity contribution in [3.8, 4) is 0 Å². The molecule has 0 aromatic heterocycles. The summed E-state index contributed by atoms with van der Waals surface area (Å²) in [6.07, 6.45) is 2.67. The Kier molecular flexibility index (Phi) is 6.68. The summed E-state index contributed by atoms with van der Waals surface area (Å²) in [4.78, 5) is 2.61. The summed E-state index contributed by atoms with van der Waals surface area (Å²) in [5.41, 5.74) is 4.24. The molecule has 3 heteroatoms. The molecule has 0 aliphatic carbocycles. The van der Waals surface area contributed by atoms with E-state index in [0.29, 0.717) is 0 Å². The number of benzene rings is 1. The molecule has 1 aromatic carbocycles. The Balaban J connectivity index is 1.79. The minimum atomic E-state index is 0.780. The monoisotopic (exact) mass is 290 g/mol. The molecule has 1 aliphatic heterocycles. The van der Waals surface area contributed by atoms with Gasteiger partial charge in [0.15, 0.2) is 0 Å². The SMILES string of the molecule is COCCNCC1CCCN(Cc2ccc(C)c(C)c2)C1. The highest BCUT2D eigenvalue weighted by molar-refractivity contribution is 5.29. The van der Waals surface area contributed by atoms with Gasteiger partial charge in [-0.25, -0.2) is 0 Å². The largest absolute Gasteiger partial charge is 0.383 e. The lowest BCUT2D eigenvalue weighted by Crippen LogP contribution is -2.39. The van der Waals surface area contributed by atoms with Crippen molar-refractivity contribution in [3.63, 3.8) is 0 Å². The second kappa shape index (κ2) is 8.52. The molecule has 2 rings (SSSR count). The standard InChI is InChI=1S/C18H30N2O/c1-15-6-7-17(11-16(15)2)13-20-9-4-5-18(14-20)12-19-8-10-21-3/h6-7,11,18-19H,4-5,8-10,12-14H2,1-3H3. The lowest BCUT2D eigenvalue weighted by Gasteiger charge is -2.33. The summed E-state index contributed by atoms with van der Waals surface area (Å²) >= 11 is 0. The van der Waals surface area contributed by atoms with Crippen LogP contribution in [0, 0.1) is 19.8 Å². The fourth-order valence-electron chi connectivity index (χ4n) is 3.10. The second-order valence-electron chi connectivity index (χ2n) is 6.36. The van der Waals surface area contributed by atoms with Crippen LogP contribution in [0.4, 0.5) is 0 Å². The Morgan fingerprint density at radius 1 is 1.29 bits per heavy atom. The van der Waals surface area contributed by atoms with Gasteiger partial charge < -0.3 is 10.1 Å². The first kappa shape index (κ1) is 16.5. The lowest BCUT2D eigenvalue weighted by molar-refractivity contribution is 0.159. The van der Waals surface area contributed by atoms with E-state index in [-0.39, 0.29) is 0 Å². The number of nitrogens with one attached hydrogen (secondary N) is 1. The van der Waals surface area contributed by atoms with E-state index < -0.39 is 0 Å². The molecule has 3 nitrogen and oxygen atoms in total. The normalized spacial score (nSPS) is 19.9. The van der Waals surface area contributed by atoms with Gasteiger partial charge in [0.2, 0.25) is 0 Å². The van der Waals surface area contributed by atoms with E-state index in [1.165, 1.54) is 42.6 Å². The number of methoxy groups -OCH3 is 1. The number of likely N-dealkylation sites (tertiary alicyclic amines) is 1. The Labute approximate surface area is 129 Å². The summed E-state index contributed by atoms with van der Waals surface area (Å²) in [7, 11) is 1.76. The summed E-state index contributed by atoms with van der Waals surface area (Å²) in [6, 6.07) is 6.87. The Hall–Kier alpha value is -0.900. The minimum Gasteiger partial charge on any atom is -0.383 e. The van der Waals surface area contributed by atoms with Crippen molar-refractivity contribution in [2.45, 2.75) is 33.2 Å². The first-order chi connectivity index (χ1) is 10.2. The van der Waals surface area contributed by atoms with Gasteiger partial charge >= 0.3 is 0 Å². The average Bonchev–Trinajstić information content (AvgIpc) is 2.48. The third-order valence-corrected chi connectivity index (χ3v) is 4.50. The van der Waals surface area contributed by atoms with Crippen molar-refractivity contribution in [2.75, 3.05) is 39.9 Å². The van der Waals surface area contributed by atoms with Crippen molar-refractivity contribution in [1.29, 1.82) is 0 Å². The lowest BCUT2D eigenvalue weighted by atomic mass is 9.97. The van der Waals surface area contributed by atoms with Crippen molar-refractivity contribution in [2.24, 2.45) is 5.92 Å². The van der Waals surface area contributed by atoms with E-state index in [0.717, 1.165) is 32.2 Å². The maximum Gasteiger partial charge on any atom is 0.0587 e. The molecule has 1 heterocycles. The number of rotatable bonds is 7. The molecule has 0 saturated carbocycles. The van der Waals surface area contributed by atoms with Crippen molar-refractivity contribution >= 4 is 0 Å². The molecule has 1 aromatic rings. The number of aryl methyl sites for hydroxylation is 2. The molecule has 1 unspecified atom stereocenters. The van der Waals surface area contributed by atoms with Crippen LogP contribution in [0.2, 0.25) is 0 Å². The van der Waals surface area contributed by atoms with Crippen molar-refractivity contribution < 1.29 is 4.74 Å². The van der Waals surface area contributed by atoms with Crippen molar-refractivity contribution in [3.05, 3.63) is 34.9 Å². The quantitative estimate of drug-likeness (QED) is 0.782. The highest BCUT2D eigenvalue weighted by atomic mass is 16.5. The summed E-state index contributed by atoms with van der Waals surface area (Å²) in [5.74, 6) is 0.780. The highest BCUT2D eigenvalue weighted by Gasteiger charge is 2.19. The first-order valence-corrected chi connectivity index (χ1v) is 8.17. The van der Waals surface area contributed by atoms with Gasteiger partial charge in [-0.15, -0.1) is 0 Å². The number of hydrogen-bond donors (Lipinski definition) is 1. The van der Waals surface area contributed by atoms with Crippen LogP contribution in [-0.2, 0) is 11.3 Å². The Morgan fingerprint density at radius 3 is 2.90 bits per heavy atom. The molecule has 1 aliphatic rings. The molecule has 118 valence electrons. The van der Waals surface area contributed by atoms with Gasteiger partial charge in [-0.05, 0) is 62.4 Å². The first-order valence-electron chi connectivity index (χ1n) is 8.17. The third kappa shape index (κ3) is 5.42. The van der Waals surface area contributed by atoms with Crippen LogP contribution in [0.3, 0.4) is 0 Å². The summed E-state index contributed by atoms with van der Waals surface area (Å²) < 4.78 is 5.08. The zero-order valence-electron chi connectivity index (χ0n) is 13.8. The summed E-state index contributed by atoms with van der Waals surface area (Å²) in [5, 5.41) is 3.51. The number of hydrogen-bond acceptors (Lipinski definition) is 3. The van der Waals surface area contributed by atoms with Crippen LogP contribution in [0.5, 0.6) is 0 Å². The van der Waals surface area contributed by atoms with Gasteiger partial charge in [-0.3, -0.25) is 4.90 Å². The zero-order chi connectivity index (χ0) is 15.1. The molecule has 0 spiro atoms. The van der Waals surface area contributed by atoms with Crippen LogP contribution in [0.15, 0.2) is 18.2 Å². The van der Waals surface area contributed by atoms with Gasteiger partial charge in [0, 0.05) is 26.7 Å². The maximum atomic E-state index is 5.08. The van der Waals surface area contributed by atoms with Gasteiger partial charge in [-0.1, -0.05) is 18.2 Å². The number of nitrogens with zero attached hydrogens (tertiary/aromatic N) is 1. The molecule has 0 radical (unpaired) electrons. The number of piperidine rings is 1. The third-order valence-electron chi connectivity index (χ3n) is 4.50. The van der Waals surface area contributed by atoms with Crippen LogP contribution >= 0.6 is 0 Å². The van der Waals surface area contributed by atoms with Crippen LogP contribution in [0.25, 0.3) is 0 Å². The Morgan fingerprint density at radius 2 is 2.14 bits per heavy atom. The second-order valence-corrected chi connectivity index (χ2v) is 6.36. The smallest absolute Gasteiger partial charge is 0.0587 e. The topological polar surface area (TPSA) is 24.5 Å². The Bertz CT molecular complexity index is 433. The molecular weight excluding hydrogens is 260 g/mol. The molecule has 0 amide bonds. The summed E-state index contributed by atoms with van der Waals surface area (Å²) in [6.45, 7) is 10.8. The molecule has 1 fully saturated rings. The van der Waals surface area contributed by atoms with Crippen LogP contribution in [0.1, 0.15) is 29.5 Å². The highest BCUT2D eigenvalue weighted by Crippen LogP contribution is 2.19. The van der Waals surface area contributed by atoms with E-state index in [2.05, 4.69) is 42.3 Å². The fraction of sp³-hybridized carbons (Fsp3) is 0.667. The average molecular weight is 290 g/mol. The predicted molar refractivity (Wildman–Crippen MR) is 88.7 cm³/mol. The predicted octanol–water partition coefficient (Wildman–Crippen LogP) is 2.75. The molecule has 1 saturated heterocycles. The fourth-order valence-corrected chi connectivity index (χ4v) is 3.10. The van der Waals surface area contributed by atoms with Crippen LogP contribution in [-0.4, -0.2) is 44.8 Å². The molecule has 0 bridgehead atoms. The van der Waals surface area contributed by atoms with Gasteiger partial charge in [-0.2, -0.15) is 0 Å². The molecule has 1 atom stereocenters. The number of ether oxygens (including phenoxy) is 1. The van der Waals surface area contributed by atoms with E-state index in [9.17, 15) is 0 Å². The van der Waals surface area contributed by atoms with E-state index >= 15 is 0 Å². The van der Waals surface area contributed by atoms with Gasteiger partial charge in [0.25, 0.3) is 0 Å². The zero-order valence-corrected chi connectivity index (χ0v) is 13.8. The molecule has 21 heavy (non-hydrogen) atoms. The van der Waals surface area contributed by atoms with E-state index in [1.807, 2.05) is 0 Å². The van der Waals surface area contributed by atoms with E-state index in [1.54, 1.807) is 7.11 Å². The maximum absolute atomic E-state index is 5.08. The van der Waals surface area contributed by atoms with Gasteiger partial charge in [0.1, 0.15) is 0 Å². The van der Waals surface area contributed by atoms with Crippen LogP contribution < -0.4 is 5.32 Å². The van der Waals surface area contributed by atoms with Crippen molar-refractivity contribution in [1.82, 2.24) is 10.2 Å². The molecular formula is C18H30N2O. The van der Waals surface area contributed by atoms with Gasteiger partial charge in [0.05, 0.1) is 6.61 Å². The minimum absolute atomic E-state index is 0.780. The molecule has 1 N–H and O–H groups in total. The van der Waals surface area contributed by atoms with E-state index in [4.69, 9.17) is 4.74 Å².